The molecule has 2 rings (SSSR count). The van der Waals surface area contributed by atoms with Gasteiger partial charge in [-0.3, -0.25) is 0 Å². The Bertz CT molecular complexity index is 178. The first-order valence-corrected chi connectivity index (χ1v) is 4.58. The van der Waals surface area contributed by atoms with Crippen LogP contribution in [-0.4, -0.2) is 49.5 Å². The highest BCUT2D eigenvalue weighted by atomic mass is 16.7. The van der Waals surface area contributed by atoms with Crippen molar-refractivity contribution in [3.05, 3.63) is 0 Å². The molecule has 0 amide bonds. The molecule has 0 unspecified atom stereocenters. The molecule has 0 aromatic carbocycles. The standard InChI is InChI=1S/C8H15NO4/c9-6-5(4-10)13-8-7(6)11-2-1-3-12-8/h5-8,10H,1-4,9H2/t5-,6+,7+,8-/m1/s1. The molecule has 2 saturated heterocycles. The molecular weight excluding hydrogens is 174 g/mol. The van der Waals surface area contributed by atoms with Gasteiger partial charge in [-0.2, -0.15) is 0 Å². The van der Waals surface area contributed by atoms with Crippen molar-refractivity contribution in [3.8, 4) is 0 Å². The maximum Gasteiger partial charge on any atom is 0.185 e. The lowest BCUT2D eigenvalue weighted by atomic mass is 10.1. The van der Waals surface area contributed by atoms with Gasteiger partial charge in [-0.15, -0.1) is 0 Å². The summed E-state index contributed by atoms with van der Waals surface area (Å²) in [6.45, 7) is 1.20. The Morgan fingerprint density at radius 2 is 2.08 bits per heavy atom. The van der Waals surface area contributed by atoms with Gasteiger partial charge in [0.2, 0.25) is 0 Å². The lowest BCUT2D eigenvalue weighted by Gasteiger charge is -2.17. The van der Waals surface area contributed by atoms with E-state index in [1.807, 2.05) is 0 Å². The molecule has 0 aromatic heterocycles. The second-order valence-electron chi connectivity index (χ2n) is 3.36. The summed E-state index contributed by atoms with van der Waals surface area (Å²) in [5, 5.41) is 8.94. The Kier molecular flexibility index (Phi) is 2.80. The molecule has 76 valence electrons. The summed E-state index contributed by atoms with van der Waals surface area (Å²) < 4.78 is 16.3. The van der Waals surface area contributed by atoms with Crippen LogP contribution in [0.4, 0.5) is 0 Å². The molecule has 0 radical (unpaired) electrons. The van der Waals surface area contributed by atoms with E-state index in [0.717, 1.165) is 6.42 Å². The molecule has 5 nitrogen and oxygen atoms in total. The van der Waals surface area contributed by atoms with Crippen LogP contribution in [0.25, 0.3) is 0 Å². The summed E-state index contributed by atoms with van der Waals surface area (Å²) in [4.78, 5) is 0. The van der Waals surface area contributed by atoms with Gasteiger partial charge in [0.05, 0.1) is 19.3 Å². The van der Waals surface area contributed by atoms with Crippen LogP contribution in [0.5, 0.6) is 0 Å². The van der Waals surface area contributed by atoms with E-state index in [-0.39, 0.29) is 24.9 Å². The van der Waals surface area contributed by atoms with Gasteiger partial charge in [0.25, 0.3) is 0 Å². The molecule has 0 spiro atoms. The summed E-state index contributed by atoms with van der Waals surface area (Å²) in [6, 6.07) is -0.284. The van der Waals surface area contributed by atoms with Gasteiger partial charge in [-0.05, 0) is 6.42 Å². The summed E-state index contributed by atoms with van der Waals surface area (Å²) >= 11 is 0. The number of aliphatic hydroxyl groups excluding tert-OH is 1. The average molecular weight is 189 g/mol. The van der Waals surface area contributed by atoms with Crippen LogP contribution in [0.1, 0.15) is 6.42 Å². The SMILES string of the molecule is N[C@@H]1[C@@H]2OCCCO[C@@H]2O[C@@H]1CO. The second-order valence-corrected chi connectivity index (χ2v) is 3.36. The average Bonchev–Trinajstić information content (AvgIpc) is 2.37. The second kappa shape index (κ2) is 3.89. The van der Waals surface area contributed by atoms with Gasteiger partial charge in [-0.1, -0.05) is 0 Å². The van der Waals surface area contributed by atoms with E-state index in [0.29, 0.717) is 13.2 Å². The first-order chi connectivity index (χ1) is 6.33. The third-order valence-corrected chi connectivity index (χ3v) is 2.45. The minimum Gasteiger partial charge on any atom is -0.394 e. The van der Waals surface area contributed by atoms with Crippen LogP contribution in [0, 0.1) is 0 Å². The summed E-state index contributed by atoms with van der Waals surface area (Å²) in [6.07, 6.45) is -0.102. The Balaban J connectivity index is 2.02. The van der Waals surface area contributed by atoms with E-state index < -0.39 is 6.29 Å². The molecule has 2 heterocycles. The van der Waals surface area contributed by atoms with Crippen molar-refractivity contribution in [2.45, 2.75) is 31.0 Å². The quantitative estimate of drug-likeness (QED) is 0.544. The molecule has 3 N–H and O–H groups in total. The van der Waals surface area contributed by atoms with Gasteiger partial charge in [0.15, 0.2) is 6.29 Å². The molecule has 0 aromatic rings. The maximum atomic E-state index is 8.94. The smallest absolute Gasteiger partial charge is 0.185 e. The third kappa shape index (κ3) is 1.70. The molecule has 4 atom stereocenters. The maximum absolute atomic E-state index is 8.94. The molecule has 2 aliphatic heterocycles. The van der Waals surface area contributed by atoms with Crippen molar-refractivity contribution >= 4 is 0 Å². The van der Waals surface area contributed by atoms with E-state index in [1.165, 1.54) is 0 Å². The normalized spacial score (nSPS) is 45.7. The highest BCUT2D eigenvalue weighted by Gasteiger charge is 2.44. The molecular formula is C8H15NO4. The summed E-state index contributed by atoms with van der Waals surface area (Å²) in [5.74, 6) is 0. The number of hydrogen-bond acceptors (Lipinski definition) is 5. The highest BCUT2D eigenvalue weighted by Crippen LogP contribution is 2.25. The molecule has 2 aliphatic rings. The van der Waals surface area contributed by atoms with Gasteiger partial charge in [-0.25, -0.2) is 0 Å². The predicted molar refractivity (Wildman–Crippen MR) is 44.0 cm³/mol. The first kappa shape index (κ1) is 9.36. The van der Waals surface area contributed by atoms with Crippen LogP contribution in [0.3, 0.4) is 0 Å². The molecule has 2 fully saturated rings. The van der Waals surface area contributed by atoms with Crippen molar-refractivity contribution in [2.75, 3.05) is 19.8 Å². The largest absolute Gasteiger partial charge is 0.394 e. The fraction of sp³-hybridized carbons (Fsp3) is 1.00. The van der Waals surface area contributed by atoms with E-state index in [9.17, 15) is 0 Å². The van der Waals surface area contributed by atoms with Crippen molar-refractivity contribution in [1.82, 2.24) is 0 Å². The van der Waals surface area contributed by atoms with Crippen LogP contribution in [0.2, 0.25) is 0 Å². The van der Waals surface area contributed by atoms with E-state index in [2.05, 4.69) is 0 Å². The minimum atomic E-state index is -0.394. The number of rotatable bonds is 1. The molecule has 0 aliphatic carbocycles. The van der Waals surface area contributed by atoms with E-state index in [1.54, 1.807) is 0 Å². The zero-order valence-corrected chi connectivity index (χ0v) is 7.39. The van der Waals surface area contributed by atoms with Crippen LogP contribution >= 0.6 is 0 Å². The van der Waals surface area contributed by atoms with E-state index >= 15 is 0 Å². The third-order valence-electron chi connectivity index (χ3n) is 2.45. The number of fused-ring (bicyclic) bond motifs is 1. The zero-order chi connectivity index (χ0) is 9.26. The van der Waals surface area contributed by atoms with Crippen molar-refractivity contribution in [3.63, 3.8) is 0 Å². The highest BCUT2D eigenvalue weighted by molar-refractivity contribution is 4.91. The fourth-order valence-electron chi connectivity index (χ4n) is 1.70. The predicted octanol–water partition coefficient (Wildman–Crippen LogP) is -1.16. The topological polar surface area (TPSA) is 73.9 Å². The lowest BCUT2D eigenvalue weighted by molar-refractivity contribution is -0.162. The Labute approximate surface area is 76.8 Å². The lowest BCUT2D eigenvalue weighted by Crippen LogP contribution is -2.43. The zero-order valence-electron chi connectivity index (χ0n) is 7.39. The van der Waals surface area contributed by atoms with Crippen molar-refractivity contribution in [1.29, 1.82) is 0 Å². The molecule has 5 heteroatoms. The number of ether oxygens (including phenoxy) is 3. The van der Waals surface area contributed by atoms with Crippen LogP contribution in [0.15, 0.2) is 0 Å². The number of hydrogen-bond donors (Lipinski definition) is 2. The fourth-order valence-corrected chi connectivity index (χ4v) is 1.70. The first-order valence-electron chi connectivity index (χ1n) is 4.58. The van der Waals surface area contributed by atoms with Crippen LogP contribution in [-0.2, 0) is 14.2 Å². The van der Waals surface area contributed by atoms with Crippen LogP contribution < -0.4 is 5.73 Å². The van der Waals surface area contributed by atoms with Crippen molar-refractivity contribution < 1.29 is 19.3 Å². The molecule has 13 heavy (non-hydrogen) atoms. The molecule has 0 saturated carbocycles. The Morgan fingerprint density at radius 1 is 1.31 bits per heavy atom. The molecule has 0 bridgehead atoms. The monoisotopic (exact) mass is 189 g/mol. The number of aliphatic hydroxyl groups is 1. The number of nitrogens with two attached hydrogens (primary N) is 1. The van der Waals surface area contributed by atoms with Gasteiger partial charge >= 0.3 is 0 Å². The van der Waals surface area contributed by atoms with Gasteiger partial charge < -0.3 is 25.1 Å². The summed E-state index contributed by atoms with van der Waals surface area (Å²) in [7, 11) is 0. The van der Waals surface area contributed by atoms with Crippen molar-refractivity contribution in [2.24, 2.45) is 5.73 Å². The van der Waals surface area contributed by atoms with E-state index in [4.69, 9.17) is 25.1 Å². The van der Waals surface area contributed by atoms with Gasteiger partial charge in [0, 0.05) is 6.61 Å². The Morgan fingerprint density at radius 3 is 2.85 bits per heavy atom. The Hall–Kier alpha value is -0.200. The van der Waals surface area contributed by atoms with Gasteiger partial charge in [0.1, 0.15) is 12.2 Å². The summed E-state index contributed by atoms with van der Waals surface area (Å²) in [5.41, 5.74) is 5.82. The minimum absolute atomic E-state index is 0.0825.